The summed E-state index contributed by atoms with van der Waals surface area (Å²) in [5.41, 5.74) is 0. The monoisotopic (exact) mass is 269 g/mol. The van der Waals surface area contributed by atoms with Crippen molar-refractivity contribution in [2.24, 2.45) is 0 Å². The van der Waals surface area contributed by atoms with Crippen molar-refractivity contribution in [1.29, 1.82) is 0 Å². The molecule has 2 heterocycles. The zero-order chi connectivity index (χ0) is 10.3. The predicted molar refractivity (Wildman–Crippen MR) is 64.2 cm³/mol. The van der Waals surface area contributed by atoms with E-state index in [0.29, 0.717) is 5.92 Å². The highest BCUT2D eigenvalue weighted by Gasteiger charge is 2.26. The maximum atomic E-state index is 4.69. The van der Waals surface area contributed by atoms with Crippen LogP contribution in [0, 0.1) is 0 Å². The highest BCUT2D eigenvalue weighted by atomic mass is 79.9. The number of fused-ring (bicyclic) bond motifs is 1. The van der Waals surface area contributed by atoms with Crippen molar-refractivity contribution >= 4 is 21.7 Å². The Labute approximate surface area is 98.4 Å². The van der Waals surface area contributed by atoms with E-state index < -0.39 is 0 Å². The molecule has 0 atom stereocenters. The molecular weight excluding hydrogens is 254 g/mol. The minimum absolute atomic E-state index is 0.704. The summed E-state index contributed by atoms with van der Waals surface area (Å²) >= 11 is 3.56. The average Bonchev–Trinajstić information content (AvgIpc) is 2.87. The Morgan fingerprint density at radius 1 is 1.27 bits per heavy atom. The summed E-state index contributed by atoms with van der Waals surface area (Å²) in [6.07, 6.45) is 6.61. The Morgan fingerprint density at radius 3 is 2.87 bits per heavy atom. The van der Waals surface area contributed by atoms with E-state index in [1.807, 2.05) is 0 Å². The van der Waals surface area contributed by atoms with E-state index in [9.17, 15) is 0 Å². The number of rotatable bonds is 1. The van der Waals surface area contributed by atoms with Gasteiger partial charge in [-0.3, -0.25) is 0 Å². The smallest absolute Gasteiger partial charge is 0.148 e. The molecule has 1 fully saturated rings. The zero-order valence-corrected chi connectivity index (χ0v) is 10.4. The molecule has 1 N–H and O–H groups in total. The number of hydrogen-bond acceptors (Lipinski definition) is 2. The molecule has 15 heavy (non-hydrogen) atoms. The molecule has 1 aromatic rings. The van der Waals surface area contributed by atoms with Crippen LogP contribution in [0.3, 0.4) is 0 Å². The molecule has 3 nitrogen and oxygen atoms in total. The van der Waals surface area contributed by atoms with Crippen molar-refractivity contribution in [2.75, 3.05) is 11.9 Å². The van der Waals surface area contributed by atoms with Gasteiger partial charge in [0.2, 0.25) is 0 Å². The number of anilines is 1. The van der Waals surface area contributed by atoms with Crippen molar-refractivity contribution in [3.63, 3.8) is 0 Å². The van der Waals surface area contributed by atoms with Crippen molar-refractivity contribution in [3.05, 3.63) is 10.4 Å². The number of nitrogens with one attached hydrogen (secondary N) is 1. The summed E-state index contributed by atoms with van der Waals surface area (Å²) < 4.78 is 3.38. The van der Waals surface area contributed by atoms with Gasteiger partial charge in [0.15, 0.2) is 0 Å². The van der Waals surface area contributed by atoms with E-state index in [4.69, 9.17) is 4.98 Å². The van der Waals surface area contributed by atoms with E-state index in [-0.39, 0.29) is 0 Å². The molecule has 0 saturated heterocycles. The molecule has 82 valence electrons. The average molecular weight is 270 g/mol. The molecule has 1 aliphatic carbocycles. The van der Waals surface area contributed by atoms with Gasteiger partial charge >= 0.3 is 0 Å². The fourth-order valence-electron chi connectivity index (χ4n) is 2.77. The fraction of sp³-hybridized carbons (Fsp3) is 0.727. The van der Waals surface area contributed by atoms with Gasteiger partial charge in [0, 0.05) is 19.0 Å². The van der Waals surface area contributed by atoms with Crippen LogP contribution in [-0.2, 0) is 6.54 Å². The maximum Gasteiger partial charge on any atom is 0.148 e. The molecular formula is C11H16BrN3. The molecule has 1 aromatic heterocycles. The quantitative estimate of drug-likeness (QED) is 0.849. The van der Waals surface area contributed by atoms with Gasteiger partial charge in [-0.15, -0.1) is 0 Å². The first-order valence-electron chi connectivity index (χ1n) is 5.86. The molecule has 2 aliphatic rings. The van der Waals surface area contributed by atoms with Gasteiger partial charge in [0.05, 0.1) is 0 Å². The van der Waals surface area contributed by atoms with Gasteiger partial charge < -0.3 is 9.88 Å². The van der Waals surface area contributed by atoms with E-state index in [2.05, 4.69) is 25.8 Å². The van der Waals surface area contributed by atoms with Crippen molar-refractivity contribution in [2.45, 2.75) is 44.6 Å². The minimum atomic E-state index is 0.704. The lowest BCUT2D eigenvalue weighted by Gasteiger charge is -2.20. The summed E-state index contributed by atoms with van der Waals surface area (Å²) in [7, 11) is 0. The first kappa shape index (κ1) is 9.70. The van der Waals surface area contributed by atoms with Crippen LogP contribution in [-0.4, -0.2) is 16.1 Å². The topological polar surface area (TPSA) is 29.9 Å². The van der Waals surface area contributed by atoms with E-state index in [0.717, 1.165) is 17.7 Å². The molecule has 0 bridgehead atoms. The van der Waals surface area contributed by atoms with Gasteiger partial charge in [-0.2, -0.15) is 0 Å². The van der Waals surface area contributed by atoms with E-state index in [1.165, 1.54) is 43.7 Å². The van der Waals surface area contributed by atoms with E-state index in [1.54, 1.807) is 0 Å². The summed E-state index contributed by atoms with van der Waals surface area (Å²) in [6, 6.07) is 0. The lowest BCUT2D eigenvalue weighted by atomic mass is 10.1. The molecule has 0 aromatic carbocycles. The van der Waals surface area contributed by atoms with Crippen LogP contribution in [0.4, 0.5) is 5.82 Å². The largest absolute Gasteiger partial charge is 0.369 e. The number of hydrogen-bond donors (Lipinski definition) is 1. The third-order valence-electron chi connectivity index (χ3n) is 3.53. The highest BCUT2D eigenvalue weighted by Crippen LogP contribution is 2.37. The van der Waals surface area contributed by atoms with Gasteiger partial charge in [-0.25, -0.2) is 4.98 Å². The van der Waals surface area contributed by atoms with Gasteiger partial charge in [-0.1, -0.05) is 12.8 Å². The second kappa shape index (κ2) is 3.81. The van der Waals surface area contributed by atoms with Crippen LogP contribution in [0.15, 0.2) is 4.60 Å². The lowest BCUT2D eigenvalue weighted by molar-refractivity contribution is 0.554. The zero-order valence-electron chi connectivity index (χ0n) is 8.80. The minimum Gasteiger partial charge on any atom is -0.369 e. The Morgan fingerprint density at radius 2 is 2.07 bits per heavy atom. The first-order valence-corrected chi connectivity index (χ1v) is 6.65. The summed E-state index contributed by atoms with van der Waals surface area (Å²) in [5.74, 6) is 3.21. The third-order valence-corrected chi connectivity index (χ3v) is 4.08. The van der Waals surface area contributed by atoms with Gasteiger partial charge in [0.1, 0.15) is 16.2 Å². The summed E-state index contributed by atoms with van der Waals surface area (Å²) in [6.45, 7) is 2.21. The predicted octanol–water partition coefficient (Wildman–Crippen LogP) is 3.12. The number of imidazole rings is 1. The highest BCUT2D eigenvalue weighted by molar-refractivity contribution is 9.10. The Hall–Kier alpha value is -0.510. The molecule has 4 heteroatoms. The van der Waals surface area contributed by atoms with Crippen LogP contribution in [0.1, 0.15) is 43.8 Å². The van der Waals surface area contributed by atoms with Crippen molar-refractivity contribution < 1.29 is 0 Å². The Kier molecular flexibility index (Phi) is 2.47. The molecule has 0 spiro atoms. The SMILES string of the molecule is Brc1nc(C2CCCC2)n2c1NCCC2. The summed E-state index contributed by atoms with van der Waals surface area (Å²) in [5, 5.41) is 3.43. The van der Waals surface area contributed by atoms with E-state index >= 15 is 0 Å². The number of aromatic nitrogens is 2. The molecule has 0 radical (unpaired) electrons. The second-order valence-electron chi connectivity index (χ2n) is 4.52. The second-order valence-corrected chi connectivity index (χ2v) is 5.27. The molecule has 1 aliphatic heterocycles. The number of halogens is 1. The molecule has 0 unspecified atom stereocenters. The van der Waals surface area contributed by atoms with Crippen LogP contribution >= 0.6 is 15.9 Å². The number of nitrogens with zero attached hydrogens (tertiary/aromatic N) is 2. The lowest BCUT2D eigenvalue weighted by Crippen LogP contribution is -2.19. The molecule has 0 amide bonds. The van der Waals surface area contributed by atoms with Gasteiger partial charge in [-0.05, 0) is 35.2 Å². The standard InChI is InChI=1S/C11H16BrN3/c12-9-11-13-6-3-7-15(11)10(14-9)8-4-1-2-5-8/h8,13H,1-7H2. The third kappa shape index (κ3) is 1.59. The fourth-order valence-corrected chi connectivity index (χ4v) is 3.31. The normalized spacial score (nSPS) is 21.4. The summed E-state index contributed by atoms with van der Waals surface area (Å²) in [4.78, 5) is 4.69. The van der Waals surface area contributed by atoms with Crippen molar-refractivity contribution in [1.82, 2.24) is 9.55 Å². The van der Waals surface area contributed by atoms with Crippen LogP contribution in [0.25, 0.3) is 0 Å². The van der Waals surface area contributed by atoms with Crippen LogP contribution in [0.5, 0.6) is 0 Å². The Bertz CT molecular complexity index is 366. The Balaban J connectivity index is 1.99. The van der Waals surface area contributed by atoms with Crippen LogP contribution in [0.2, 0.25) is 0 Å². The molecule has 1 saturated carbocycles. The van der Waals surface area contributed by atoms with Crippen molar-refractivity contribution in [3.8, 4) is 0 Å². The first-order chi connectivity index (χ1) is 7.36. The molecule has 3 rings (SSSR count). The van der Waals surface area contributed by atoms with Gasteiger partial charge in [0.25, 0.3) is 0 Å². The maximum absolute atomic E-state index is 4.69. The van der Waals surface area contributed by atoms with Crippen LogP contribution < -0.4 is 5.32 Å².